The molecule has 1 aliphatic rings. The van der Waals surface area contributed by atoms with Gasteiger partial charge in [-0.3, -0.25) is 9.69 Å². The summed E-state index contributed by atoms with van der Waals surface area (Å²) < 4.78 is 0. The van der Waals surface area contributed by atoms with Crippen molar-refractivity contribution in [1.82, 2.24) is 4.90 Å². The standard InChI is InChI=1S/C15H21NO2/c1-11(2)13-5-3-12(4-6-13)9-16-8-7-14(10-16)15(17)18/h3-6,11,14H,7-10H2,1-2H3,(H,17,18). The van der Waals surface area contributed by atoms with E-state index in [-0.39, 0.29) is 5.92 Å². The fraction of sp³-hybridized carbons (Fsp3) is 0.533. The Bertz CT molecular complexity index is 411. The van der Waals surface area contributed by atoms with Crippen LogP contribution in [0.2, 0.25) is 0 Å². The molecule has 1 heterocycles. The molecule has 1 atom stereocenters. The zero-order chi connectivity index (χ0) is 13.1. The van der Waals surface area contributed by atoms with Crippen molar-refractivity contribution in [3.8, 4) is 0 Å². The highest BCUT2D eigenvalue weighted by Crippen LogP contribution is 2.20. The number of nitrogens with zero attached hydrogens (tertiary/aromatic N) is 1. The molecule has 2 rings (SSSR count). The molecule has 1 unspecified atom stereocenters. The second-order valence-electron chi connectivity index (χ2n) is 5.46. The van der Waals surface area contributed by atoms with Crippen LogP contribution < -0.4 is 0 Å². The summed E-state index contributed by atoms with van der Waals surface area (Å²) in [6.07, 6.45) is 0.777. The molecule has 1 fully saturated rings. The molecular formula is C15H21NO2. The van der Waals surface area contributed by atoms with Gasteiger partial charge < -0.3 is 5.11 Å². The van der Waals surface area contributed by atoms with Gasteiger partial charge in [-0.05, 0) is 30.0 Å². The van der Waals surface area contributed by atoms with E-state index in [4.69, 9.17) is 5.11 Å². The number of carboxylic acids is 1. The van der Waals surface area contributed by atoms with Gasteiger partial charge >= 0.3 is 5.97 Å². The summed E-state index contributed by atoms with van der Waals surface area (Å²) in [5.74, 6) is -0.283. The molecule has 0 aliphatic carbocycles. The quantitative estimate of drug-likeness (QED) is 0.889. The van der Waals surface area contributed by atoms with Crippen LogP contribution in [0.3, 0.4) is 0 Å². The van der Waals surface area contributed by atoms with Crippen molar-refractivity contribution >= 4 is 5.97 Å². The highest BCUT2D eigenvalue weighted by atomic mass is 16.4. The van der Waals surface area contributed by atoms with E-state index >= 15 is 0 Å². The van der Waals surface area contributed by atoms with Crippen LogP contribution in [0.15, 0.2) is 24.3 Å². The van der Waals surface area contributed by atoms with Crippen LogP contribution in [0.4, 0.5) is 0 Å². The first-order valence-electron chi connectivity index (χ1n) is 6.60. The first-order valence-corrected chi connectivity index (χ1v) is 6.60. The lowest BCUT2D eigenvalue weighted by Crippen LogP contribution is -2.22. The van der Waals surface area contributed by atoms with E-state index in [1.54, 1.807) is 0 Å². The second-order valence-corrected chi connectivity index (χ2v) is 5.46. The lowest BCUT2D eigenvalue weighted by molar-refractivity contribution is -0.141. The average molecular weight is 247 g/mol. The Morgan fingerprint density at radius 3 is 2.56 bits per heavy atom. The normalized spacial score (nSPS) is 20.5. The van der Waals surface area contributed by atoms with Gasteiger partial charge in [0.2, 0.25) is 0 Å². The van der Waals surface area contributed by atoms with E-state index in [0.717, 1.165) is 19.5 Å². The third-order valence-electron chi connectivity index (χ3n) is 3.67. The molecule has 1 saturated heterocycles. The smallest absolute Gasteiger partial charge is 0.307 e. The van der Waals surface area contributed by atoms with Crippen LogP contribution in [-0.2, 0) is 11.3 Å². The van der Waals surface area contributed by atoms with Gasteiger partial charge in [0, 0.05) is 13.1 Å². The third-order valence-corrected chi connectivity index (χ3v) is 3.67. The van der Waals surface area contributed by atoms with Crippen molar-refractivity contribution < 1.29 is 9.90 Å². The fourth-order valence-corrected chi connectivity index (χ4v) is 2.44. The number of carbonyl (C=O) groups is 1. The number of carboxylic acid groups (broad SMARTS) is 1. The zero-order valence-corrected chi connectivity index (χ0v) is 11.1. The van der Waals surface area contributed by atoms with E-state index in [1.165, 1.54) is 11.1 Å². The number of rotatable bonds is 4. The molecule has 1 aromatic rings. The topological polar surface area (TPSA) is 40.5 Å². The minimum atomic E-state index is -0.660. The van der Waals surface area contributed by atoms with E-state index in [2.05, 4.69) is 43.0 Å². The van der Waals surface area contributed by atoms with Crippen molar-refractivity contribution in [3.63, 3.8) is 0 Å². The van der Waals surface area contributed by atoms with Gasteiger partial charge in [-0.1, -0.05) is 38.1 Å². The zero-order valence-electron chi connectivity index (χ0n) is 11.1. The number of likely N-dealkylation sites (tertiary alicyclic amines) is 1. The van der Waals surface area contributed by atoms with Crippen LogP contribution in [0.1, 0.15) is 37.3 Å². The average Bonchev–Trinajstić information content (AvgIpc) is 2.78. The molecule has 0 amide bonds. The summed E-state index contributed by atoms with van der Waals surface area (Å²) in [6.45, 7) is 6.81. The summed E-state index contributed by atoms with van der Waals surface area (Å²) >= 11 is 0. The van der Waals surface area contributed by atoms with Gasteiger partial charge in [0.15, 0.2) is 0 Å². The van der Waals surface area contributed by atoms with Crippen molar-refractivity contribution in [2.24, 2.45) is 5.92 Å². The van der Waals surface area contributed by atoms with Crippen molar-refractivity contribution in [2.45, 2.75) is 32.7 Å². The molecule has 0 saturated carbocycles. The van der Waals surface area contributed by atoms with Gasteiger partial charge in [0.25, 0.3) is 0 Å². The Hall–Kier alpha value is -1.35. The van der Waals surface area contributed by atoms with E-state index in [0.29, 0.717) is 12.5 Å². The maximum atomic E-state index is 10.9. The first-order chi connectivity index (χ1) is 8.56. The summed E-state index contributed by atoms with van der Waals surface area (Å²) in [4.78, 5) is 13.1. The SMILES string of the molecule is CC(C)c1ccc(CN2CCC(C(=O)O)C2)cc1. The number of benzene rings is 1. The molecule has 3 heteroatoms. The molecular weight excluding hydrogens is 226 g/mol. The minimum absolute atomic E-state index is 0.181. The van der Waals surface area contributed by atoms with Crippen LogP contribution in [0.25, 0.3) is 0 Å². The molecule has 1 N–H and O–H groups in total. The molecule has 0 aromatic heterocycles. The van der Waals surface area contributed by atoms with E-state index < -0.39 is 5.97 Å². The van der Waals surface area contributed by atoms with Gasteiger partial charge in [-0.25, -0.2) is 0 Å². The Balaban J connectivity index is 1.92. The highest BCUT2D eigenvalue weighted by molar-refractivity contribution is 5.70. The Kier molecular flexibility index (Phi) is 4.02. The predicted octanol–water partition coefficient (Wildman–Crippen LogP) is 2.72. The van der Waals surface area contributed by atoms with Crippen molar-refractivity contribution in [3.05, 3.63) is 35.4 Å². The van der Waals surface area contributed by atoms with E-state index in [9.17, 15) is 4.79 Å². The lowest BCUT2D eigenvalue weighted by atomic mass is 10.0. The third kappa shape index (κ3) is 3.10. The van der Waals surface area contributed by atoms with Crippen LogP contribution in [0.5, 0.6) is 0 Å². The number of aliphatic carboxylic acids is 1. The summed E-state index contributed by atoms with van der Waals surface area (Å²) in [7, 11) is 0. The summed E-state index contributed by atoms with van der Waals surface area (Å²) in [5.41, 5.74) is 2.62. The molecule has 1 aliphatic heterocycles. The first kappa shape index (κ1) is 13.1. The molecule has 18 heavy (non-hydrogen) atoms. The highest BCUT2D eigenvalue weighted by Gasteiger charge is 2.27. The minimum Gasteiger partial charge on any atom is -0.481 e. The van der Waals surface area contributed by atoms with Gasteiger partial charge in [-0.2, -0.15) is 0 Å². The molecule has 3 nitrogen and oxygen atoms in total. The Morgan fingerprint density at radius 1 is 1.39 bits per heavy atom. The van der Waals surface area contributed by atoms with Gasteiger partial charge in [-0.15, -0.1) is 0 Å². The molecule has 0 spiro atoms. The maximum absolute atomic E-state index is 10.9. The molecule has 98 valence electrons. The molecule has 0 radical (unpaired) electrons. The van der Waals surface area contributed by atoms with Crippen molar-refractivity contribution in [2.75, 3.05) is 13.1 Å². The molecule has 0 bridgehead atoms. The number of hydrogen-bond acceptors (Lipinski definition) is 2. The maximum Gasteiger partial charge on any atom is 0.307 e. The van der Waals surface area contributed by atoms with Crippen LogP contribution >= 0.6 is 0 Å². The summed E-state index contributed by atoms with van der Waals surface area (Å²) in [5, 5.41) is 8.97. The van der Waals surface area contributed by atoms with Gasteiger partial charge in [0.05, 0.1) is 5.92 Å². The fourth-order valence-electron chi connectivity index (χ4n) is 2.44. The van der Waals surface area contributed by atoms with Crippen molar-refractivity contribution in [1.29, 1.82) is 0 Å². The van der Waals surface area contributed by atoms with Crippen LogP contribution in [-0.4, -0.2) is 29.1 Å². The predicted molar refractivity (Wildman–Crippen MR) is 71.6 cm³/mol. The Morgan fingerprint density at radius 2 is 2.06 bits per heavy atom. The molecule has 1 aromatic carbocycles. The second kappa shape index (κ2) is 5.53. The monoisotopic (exact) mass is 247 g/mol. The Labute approximate surface area is 108 Å². The lowest BCUT2D eigenvalue weighted by Gasteiger charge is -2.15. The summed E-state index contributed by atoms with van der Waals surface area (Å²) in [6, 6.07) is 8.66. The van der Waals surface area contributed by atoms with Crippen LogP contribution in [0, 0.1) is 5.92 Å². The van der Waals surface area contributed by atoms with Gasteiger partial charge in [0.1, 0.15) is 0 Å². The van der Waals surface area contributed by atoms with E-state index in [1.807, 2.05) is 0 Å². The number of hydrogen-bond donors (Lipinski definition) is 1. The largest absolute Gasteiger partial charge is 0.481 e.